The fourth-order valence-corrected chi connectivity index (χ4v) is 1.16. The van der Waals surface area contributed by atoms with Crippen molar-refractivity contribution in [1.29, 1.82) is 0 Å². The van der Waals surface area contributed by atoms with E-state index in [2.05, 4.69) is 5.16 Å². The monoisotopic (exact) mass is 209 g/mol. The number of halogens is 1. The second-order valence-electron chi connectivity index (χ2n) is 3.68. The lowest BCUT2D eigenvalue weighted by Crippen LogP contribution is -1.91. The highest BCUT2D eigenvalue weighted by molar-refractivity contribution is 5.82. The van der Waals surface area contributed by atoms with E-state index in [4.69, 9.17) is 4.84 Å². The van der Waals surface area contributed by atoms with E-state index in [-0.39, 0.29) is 5.75 Å². The molecule has 0 amide bonds. The molecule has 1 saturated carbocycles. The summed E-state index contributed by atoms with van der Waals surface area (Å²) in [5.41, 5.74) is 0.325. The third-order valence-electron chi connectivity index (χ3n) is 2.26. The highest BCUT2D eigenvalue weighted by Crippen LogP contribution is 2.28. The number of hydrogen-bond donors (Lipinski definition) is 1. The summed E-state index contributed by atoms with van der Waals surface area (Å²) in [5, 5.41) is 13.0. The summed E-state index contributed by atoms with van der Waals surface area (Å²) in [6.07, 6.45) is 3.71. The standard InChI is InChI=1S/C11H12FNO2/c12-10-3-4-11(14)9(5-10)6-13-15-7-8-1-2-8/h3-6,8,14H,1-2,7H2. The molecule has 0 bridgehead atoms. The smallest absolute Gasteiger partial charge is 0.124 e. The molecule has 0 aliphatic heterocycles. The van der Waals surface area contributed by atoms with Crippen molar-refractivity contribution in [3.8, 4) is 5.75 Å². The molecule has 3 nitrogen and oxygen atoms in total. The molecule has 0 aromatic heterocycles. The average Bonchev–Trinajstić information content (AvgIpc) is 3.01. The number of aromatic hydroxyl groups is 1. The van der Waals surface area contributed by atoms with Crippen LogP contribution in [0.25, 0.3) is 0 Å². The minimum atomic E-state index is -0.406. The molecule has 0 spiro atoms. The molecule has 1 aromatic carbocycles. The Hall–Kier alpha value is -1.58. The summed E-state index contributed by atoms with van der Waals surface area (Å²) in [5.74, 6) is 0.217. The van der Waals surface area contributed by atoms with Crippen molar-refractivity contribution >= 4 is 6.21 Å². The lowest BCUT2D eigenvalue weighted by molar-refractivity contribution is 0.135. The molecule has 2 rings (SSSR count). The van der Waals surface area contributed by atoms with Gasteiger partial charge in [0.2, 0.25) is 0 Å². The zero-order valence-corrected chi connectivity index (χ0v) is 8.19. The Labute approximate surface area is 87.2 Å². The van der Waals surface area contributed by atoms with Crippen molar-refractivity contribution in [2.45, 2.75) is 12.8 Å². The van der Waals surface area contributed by atoms with E-state index in [0.717, 1.165) is 0 Å². The van der Waals surface area contributed by atoms with Gasteiger partial charge in [-0.25, -0.2) is 4.39 Å². The van der Waals surface area contributed by atoms with Crippen molar-refractivity contribution in [1.82, 2.24) is 0 Å². The molecule has 0 atom stereocenters. The number of phenolic OH excluding ortho intramolecular Hbond substituents is 1. The zero-order chi connectivity index (χ0) is 10.7. The number of oxime groups is 1. The van der Waals surface area contributed by atoms with Crippen LogP contribution in [0.2, 0.25) is 0 Å². The second kappa shape index (κ2) is 4.29. The highest BCUT2D eigenvalue weighted by atomic mass is 19.1. The van der Waals surface area contributed by atoms with Crippen LogP contribution in [0, 0.1) is 11.7 Å². The van der Waals surface area contributed by atoms with Crippen LogP contribution < -0.4 is 0 Å². The van der Waals surface area contributed by atoms with E-state index in [1.165, 1.54) is 37.3 Å². The molecule has 80 valence electrons. The fourth-order valence-electron chi connectivity index (χ4n) is 1.16. The Morgan fingerprint density at radius 3 is 3.07 bits per heavy atom. The van der Waals surface area contributed by atoms with Gasteiger partial charge in [-0.05, 0) is 37.0 Å². The molecule has 0 unspecified atom stereocenters. The van der Waals surface area contributed by atoms with Gasteiger partial charge in [0.05, 0.1) is 6.21 Å². The van der Waals surface area contributed by atoms with Gasteiger partial charge in [0.15, 0.2) is 0 Å². The first-order chi connectivity index (χ1) is 7.25. The first-order valence-corrected chi connectivity index (χ1v) is 4.89. The Bertz CT molecular complexity index is 375. The van der Waals surface area contributed by atoms with Crippen LogP contribution in [0.3, 0.4) is 0 Å². The fraction of sp³-hybridized carbons (Fsp3) is 0.364. The molecule has 15 heavy (non-hydrogen) atoms. The molecular weight excluding hydrogens is 197 g/mol. The number of nitrogens with zero attached hydrogens (tertiary/aromatic N) is 1. The van der Waals surface area contributed by atoms with Crippen LogP contribution in [-0.2, 0) is 4.84 Å². The van der Waals surface area contributed by atoms with Crippen molar-refractivity contribution < 1.29 is 14.3 Å². The third-order valence-corrected chi connectivity index (χ3v) is 2.26. The lowest BCUT2D eigenvalue weighted by atomic mass is 10.2. The second-order valence-corrected chi connectivity index (χ2v) is 3.68. The SMILES string of the molecule is Oc1ccc(F)cc1C=NOCC1CC1. The highest BCUT2D eigenvalue weighted by Gasteiger charge is 2.21. The van der Waals surface area contributed by atoms with E-state index >= 15 is 0 Å². The maximum Gasteiger partial charge on any atom is 0.124 e. The van der Waals surface area contributed by atoms with E-state index in [1.807, 2.05) is 0 Å². The van der Waals surface area contributed by atoms with Crippen molar-refractivity contribution in [3.05, 3.63) is 29.6 Å². The Kier molecular flexibility index (Phi) is 2.85. The summed E-state index contributed by atoms with van der Waals surface area (Å²) in [6.45, 7) is 0.604. The van der Waals surface area contributed by atoms with Gasteiger partial charge < -0.3 is 9.94 Å². The van der Waals surface area contributed by atoms with Gasteiger partial charge in [-0.15, -0.1) is 0 Å². The Morgan fingerprint density at radius 2 is 2.33 bits per heavy atom. The molecule has 0 saturated heterocycles. The van der Waals surface area contributed by atoms with Crippen molar-refractivity contribution in [3.63, 3.8) is 0 Å². The first kappa shape index (κ1) is 9.96. The number of hydrogen-bond acceptors (Lipinski definition) is 3. The zero-order valence-electron chi connectivity index (χ0n) is 8.19. The molecule has 0 radical (unpaired) electrons. The molecule has 1 aliphatic carbocycles. The molecule has 1 aromatic rings. The maximum atomic E-state index is 12.8. The van der Waals surface area contributed by atoms with Gasteiger partial charge in [-0.1, -0.05) is 5.16 Å². The minimum Gasteiger partial charge on any atom is -0.507 e. The van der Waals surface area contributed by atoms with E-state index in [1.54, 1.807) is 0 Å². The molecular formula is C11H12FNO2. The van der Waals surface area contributed by atoms with Crippen LogP contribution in [0.4, 0.5) is 4.39 Å². The van der Waals surface area contributed by atoms with Gasteiger partial charge in [0.25, 0.3) is 0 Å². The summed E-state index contributed by atoms with van der Waals surface area (Å²) in [6, 6.07) is 3.69. The predicted molar refractivity (Wildman–Crippen MR) is 54.3 cm³/mol. The molecule has 1 N–H and O–H groups in total. The summed E-state index contributed by atoms with van der Waals surface area (Å²) < 4.78 is 12.8. The molecule has 4 heteroatoms. The topological polar surface area (TPSA) is 41.8 Å². The van der Waals surface area contributed by atoms with Crippen LogP contribution in [0.5, 0.6) is 5.75 Å². The maximum absolute atomic E-state index is 12.8. The molecule has 0 heterocycles. The summed E-state index contributed by atoms with van der Waals surface area (Å²) in [4.78, 5) is 4.99. The van der Waals surface area contributed by atoms with Crippen LogP contribution >= 0.6 is 0 Å². The average molecular weight is 209 g/mol. The summed E-state index contributed by atoms with van der Waals surface area (Å²) in [7, 11) is 0. The normalized spacial score (nSPS) is 15.8. The van der Waals surface area contributed by atoms with Crippen molar-refractivity contribution in [2.75, 3.05) is 6.61 Å². The van der Waals surface area contributed by atoms with Crippen LogP contribution in [0.1, 0.15) is 18.4 Å². The largest absolute Gasteiger partial charge is 0.507 e. The predicted octanol–water partition coefficient (Wildman–Crippen LogP) is 2.29. The van der Waals surface area contributed by atoms with E-state index < -0.39 is 5.82 Å². The van der Waals surface area contributed by atoms with Crippen LogP contribution in [0.15, 0.2) is 23.4 Å². The molecule has 1 fully saturated rings. The number of benzene rings is 1. The van der Waals surface area contributed by atoms with Gasteiger partial charge in [-0.2, -0.15) is 0 Å². The minimum absolute atomic E-state index is 0.00447. The van der Waals surface area contributed by atoms with Gasteiger partial charge >= 0.3 is 0 Å². The number of rotatable bonds is 4. The Morgan fingerprint density at radius 1 is 1.53 bits per heavy atom. The first-order valence-electron chi connectivity index (χ1n) is 4.89. The lowest BCUT2D eigenvalue weighted by Gasteiger charge is -1.98. The number of phenols is 1. The Balaban J connectivity index is 1.92. The van der Waals surface area contributed by atoms with Crippen molar-refractivity contribution in [2.24, 2.45) is 11.1 Å². The van der Waals surface area contributed by atoms with Crippen LogP contribution in [-0.4, -0.2) is 17.9 Å². The van der Waals surface area contributed by atoms with E-state index in [0.29, 0.717) is 18.1 Å². The van der Waals surface area contributed by atoms with Gasteiger partial charge in [0.1, 0.15) is 18.2 Å². The quantitative estimate of drug-likeness (QED) is 0.610. The summed E-state index contributed by atoms with van der Waals surface area (Å²) >= 11 is 0. The molecule has 1 aliphatic rings. The third kappa shape index (κ3) is 2.94. The van der Waals surface area contributed by atoms with Gasteiger partial charge in [-0.3, -0.25) is 0 Å². The van der Waals surface area contributed by atoms with Gasteiger partial charge in [0, 0.05) is 5.56 Å². The van der Waals surface area contributed by atoms with E-state index in [9.17, 15) is 9.50 Å².